The summed E-state index contributed by atoms with van der Waals surface area (Å²) in [5.41, 5.74) is 2.10. The van der Waals surface area contributed by atoms with Crippen LogP contribution in [0.3, 0.4) is 0 Å². The molecular weight excluding hydrogens is 384 g/mol. The lowest BCUT2D eigenvalue weighted by molar-refractivity contribution is -0.120. The number of carbonyl (C=O) groups is 1. The molecule has 0 spiro atoms. The summed E-state index contributed by atoms with van der Waals surface area (Å²) in [6.45, 7) is 3.32. The van der Waals surface area contributed by atoms with Crippen molar-refractivity contribution in [3.8, 4) is 0 Å². The van der Waals surface area contributed by atoms with Gasteiger partial charge in [-0.1, -0.05) is 72.4 Å². The number of aryl methyl sites for hydroxylation is 1. The van der Waals surface area contributed by atoms with E-state index in [4.69, 9.17) is 4.74 Å². The zero-order valence-corrected chi connectivity index (χ0v) is 17.5. The van der Waals surface area contributed by atoms with Gasteiger partial charge in [-0.2, -0.15) is 0 Å². The average molecular weight is 411 g/mol. The number of ether oxygens (including phenoxy) is 1. The zero-order valence-electron chi connectivity index (χ0n) is 16.7. The van der Waals surface area contributed by atoms with Crippen molar-refractivity contribution in [3.05, 3.63) is 78.1 Å². The quantitative estimate of drug-likeness (QED) is 0.408. The molecule has 0 saturated heterocycles. The molecule has 7 heteroatoms. The molecule has 152 valence electrons. The average Bonchev–Trinajstić information content (AvgIpc) is 3.20. The van der Waals surface area contributed by atoms with E-state index in [0.29, 0.717) is 6.61 Å². The van der Waals surface area contributed by atoms with E-state index < -0.39 is 0 Å². The first-order chi connectivity index (χ1) is 14.2. The molecule has 0 bridgehead atoms. The fraction of sp³-hybridized carbons (Fsp3) is 0.318. The lowest BCUT2D eigenvalue weighted by atomic mass is 9.98. The van der Waals surface area contributed by atoms with Crippen LogP contribution in [0, 0.1) is 0 Å². The molecule has 0 fully saturated rings. The van der Waals surface area contributed by atoms with Gasteiger partial charge in [0.1, 0.15) is 6.33 Å². The molecule has 0 aliphatic rings. The largest absolute Gasteiger partial charge is 0.385 e. The van der Waals surface area contributed by atoms with Crippen LogP contribution < -0.4 is 5.32 Å². The Morgan fingerprint density at radius 1 is 1.10 bits per heavy atom. The van der Waals surface area contributed by atoms with Crippen molar-refractivity contribution in [1.29, 1.82) is 0 Å². The van der Waals surface area contributed by atoms with Gasteiger partial charge in [0.2, 0.25) is 5.91 Å². The lowest BCUT2D eigenvalue weighted by Gasteiger charge is -2.22. The molecule has 3 rings (SSSR count). The molecule has 6 nitrogen and oxygen atoms in total. The minimum absolute atomic E-state index is 0.0425. The maximum atomic E-state index is 13.0. The first-order valence-corrected chi connectivity index (χ1v) is 10.5. The van der Waals surface area contributed by atoms with E-state index in [0.717, 1.165) is 29.2 Å². The van der Waals surface area contributed by atoms with E-state index in [1.54, 1.807) is 13.4 Å². The predicted octanol–water partition coefficient (Wildman–Crippen LogP) is 3.70. The van der Waals surface area contributed by atoms with Crippen LogP contribution in [0.5, 0.6) is 0 Å². The highest BCUT2D eigenvalue weighted by Crippen LogP contribution is 2.25. The molecule has 3 aromatic rings. The second kappa shape index (κ2) is 10.8. The van der Waals surface area contributed by atoms with Crippen molar-refractivity contribution in [2.45, 2.75) is 36.3 Å². The van der Waals surface area contributed by atoms with Crippen LogP contribution in [0.4, 0.5) is 0 Å². The second-order valence-electron chi connectivity index (χ2n) is 6.68. The van der Waals surface area contributed by atoms with Crippen molar-refractivity contribution in [2.24, 2.45) is 0 Å². The monoisotopic (exact) mass is 410 g/mol. The normalized spacial score (nSPS) is 12.1. The summed E-state index contributed by atoms with van der Waals surface area (Å²) in [5.74, 6) is -0.0425. The number of nitrogens with one attached hydrogen (secondary N) is 1. The van der Waals surface area contributed by atoms with Gasteiger partial charge in [-0.25, -0.2) is 0 Å². The number of methoxy groups -OCH3 is 1. The van der Waals surface area contributed by atoms with Gasteiger partial charge in [0.25, 0.3) is 0 Å². The van der Waals surface area contributed by atoms with Crippen LogP contribution in [0.1, 0.15) is 30.5 Å². The van der Waals surface area contributed by atoms with Gasteiger partial charge in [-0.05, 0) is 24.5 Å². The van der Waals surface area contributed by atoms with E-state index in [1.165, 1.54) is 11.8 Å². The minimum Gasteiger partial charge on any atom is -0.385 e. The third-order valence-corrected chi connectivity index (χ3v) is 5.63. The molecule has 29 heavy (non-hydrogen) atoms. The number of hydrogen-bond donors (Lipinski definition) is 1. The number of amides is 1. The molecule has 0 radical (unpaired) electrons. The van der Waals surface area contributed by atoms with E-state index in [-0.39, 0.29) is 17.2 Å². The Labute approximate surface area is 175 Å². The second-order valence-corrected chi connectivity index (χ2v) is 7.98. The Morgan fingerprint density at radius 2 is 1.72 bits per heavy atom. The summed E-state index contributed by atoms with van der Waals surface area (Å²) in [7, 11) is 1.68. The van der Waals surface area contributed by atoms with Gasteiger partial charge < -0.3 is 14.6 Å². The third kappa shape index (κ3) is 5.92. The zero-order chi connectivity index (χ0) is 20.5. The number of thioether (sulfide) groups is 1. The minimum atomic E-state index is -0.310. The molecule has 1 amide bonds. The van der Waals surface area contributed by atoms with Crippen molar-refractivity contribution in [1.82, 2.24) is 20.1 Å². The lowest BCUT2D eigenvalue weighted by Crippen LogP contribution is -2.35. The van der Waals surface area contributed by atoms with Crippen molar-refractivity contribution < 1.29 is 9.53 Å². The molecule has 0 saturated carbocycles. The fourth-order valence-electron chi connectivity index (χ4n) is 2.99. The van der Waals surface area contributed by atoms with Gasteiger partial charge in [-0.15, -0.1) is 10.2 Å². The van der Waals surface area contributed by atoms with E-state index in [1.807, 2.05) is 72.2 Å². The Hall–Kier alpha value is -2.64. The van der Waals surface area contributed by atoms with Crippen LogP contribution >= 0.6 is 11.8 Å². The first kappa shape index (κ1) is 21.1. The number of hydrogen-bond acceptors (Lipinski definition) is 5. The molecule has 0 aliphatic carbocycles. The third-order valence-electron chi connectivity index (χ3n) is 4.53. The van der Waals surface area contributed by atoms with Gasteiger partial charge in [0.05, 0.1) is 11.3 Å². The number of carbonyl (C=O) groups excluding carboxylic acids is 1. The molecule has 0 aliphatic heterocycles. The van der Waals surface area contributed by atoms with E-state index in [9.17, 15) is 4.79 Å². The highest BCUT2D eigenvalue weighted by atomic mass is 32.2. The highest BCUT2D eigenvalue weighted by molar-refractivity contribution is 8.00. The van der Waals surface area contributed by atoms with Gasteiger partial charge in [0.15, 0.2) is 5.16 Å². The summed E-state index contributed by atoms with van der Waals surface area (Å²) in [6.07, 6.45) is 2.56. The van der Waals surface area contributed by atoms with Crippen LogP contribution in [0.25, 0.3) is 0 Å². The highest BCUT2D eigenvalue weighted by Gasteiger charge is 2.22. The number of aromatic nitrogens is 3. The van der Waals surface area contributed by atoms with Crippen LogP contribution in [0.15, 0.2) is 72.1 Å². The summed E-state index contributed by atoms with van der Waals surface area (Å²) in [6, 6.07) is 19.8. The number of benzene rings is 2. The standard InChI is InChI=1S/C22H26N4O2S/c1-17(29-22-25-23-16-26(22)14-9-15-28-2)21(27)24-20(18-10-5-3-6-11-18)19-12-7-4-8-13-19/h3-8,10-13,16-17,20H,9,14-15H2,1-2H3,(H,24,27). The number of rotatable bonds is 10. The maximum Gasteiger partial charge on any atom is 0.234 e. The predicted molar refractivity (Wildman–Crippen MR) is 115 cm³/mol. The van der Waals surface area contributed by atoms with Crippen LogP contribution in [0.2, 0.25) is 0 Å². The van der Waals surface area contributed by atoms with Gasteiger partial charge >= 0.3 is 0 Å². The molecule has 1 N–H and O–H groups in total. The summed E-state index contributed by atoms with van der Waals surface area (Å²) in [5, 5.41) is 11.8. The van der Waals surface area contributed by atoms with Crippen molar-refractivity contribution in [3.63, 3.8) is 0 Å². The smallest absolute Gasteiger partial charge is 0.234 e. The van der Waals surface area contributed by atoms with Crippen LogP contribution in [-0.4, -0.2) is 39.6 Å². The van der Waals surface area contributed by atoms with E-state index >= 15 is 0 Å². The van der Waals surface area contributed by atoms with Crippen molar-refractivity contribution >= 4 is 17.7 Å². The SMILES string of the molecule is COCCCn1cnnc1SC(C)C(=O)NC(c1ccccc1)c1ccccc1. The molecule has 1 atom stereocenters. The Kier molecular flexibility index (Phi) is 7.84. The molecule has 1 unspecified atom stereocenters. The fourth-order valence-corrected chi connectivity index (χ4v) is 3.85. The van der Waals surface area contributed by atoms with Gasteiger partial charge in [-0.3, -0.25) is 4.79 Å². The Bertz CT molecular complexity index is 847. The molecule has 1 aromatic heterocycles. The van der Waals surface area contributed by atoms with Crippen molar-refractivity contribution in [2.75, 3.05) is 13.7 Å². The molecule has 1 heterocycles. The summed E-state index contributed by atoms with van der Waals surface area (Å²) < 4.78 is 7.06. The van der Waals surface area contributed by atoms with E-state index in [2.05, 4.69) is 15.5 Å². The summed E-state index contributed by atoms with van der Waals surface area (Å²) >= 11 is 1.41. The molecular formula is C22H26N4O2S. The Balaban J connectivity index is 1.69. The number of nitrogens with zero attached hydrogens (tertiary/aromatic N) is 3. The van der Waals surface area contributed by atoms with Gasteiger partial charge in [0, 0.05) is 20.3 Å². The topological polar surface area (TPSA) is 69.0 Å². The molecule has 2 aromatic carbocycles. The Morgan fingerprint density at radius 3 is 2.31 bits per heavy atom. The maximum absolute atomic E-state index is 13.0. The van der Waals surface area contributed by atoms with Crippen LogP contribution in [-0.2, 0) is 16.1 Å². The first-order valence-electron chi connectivity index (χ1n) is 9.62. The summed E-state index contributed by atoms with van der Waals surface area (Å²) in [4.78, 5) is 13.0.